The highest BCUT2D eigenvalue weighted by atomic mass is 32.2. The number of carbonyl (C=O) groups excluding carboxylic acids is 1. The summed E-state index contributed by atoms with van der Waals surface area (Å²) in [6.45, 7) is 4.40. The first kappa shape index (κ1) is 15.2. The number of fused-ring (bicyclic) bond motifs is 1. The van der Waals surface area contributed by atoms with Crippen LogP contribution < -0.4 is 5.32 Å². The first-order valence-electron chi connectivity index (χ1n) is 7.54. The van der Waals surface area contributed by atoms with E-state index in [4.69, 9.17) is 0 Å². The van der Waals surface area contributed by atoms with Crippen molar-refractivity contribution in [2.45, 2.75) is 46.0 Å². The second-order valence-electron chi connectivity index (χ2n) is 5.10. The molecule has 1 N–H and O–H groups in total. The largest absolute Gasteiger partial charge is 0.321 e. The second kappa shape index (κ2) is 7.53. The van der Waals surface area contributed by atoms with Crippen molar-refractivity contribution >= 4 is 28.9 Å². The number of anilines is 1. The van der Waals surface area contributed by atoms with Crippen LogP contribution >= 0.6 is 11.8 Å². The van der Waals surface area contributed by atoms with Crippen molar-refractivity contribution < 1.29 is 4.79 Å². The third kappa shape index (κ3) is 3.45. The molecule has 0 atom stereocenters. The van der Waals surface area contributed by atoms with Gasteiger partial charge in [0.25, 0.3) is 5.91 Å². The molecule has 1 heterocycles. The second-order valence-corrected chi connectivity index (χ2v) is 6.29. The van der Waals surface area contributed by atoms with Gasteiger partial charge in [0, 0.05) is 11.3 Å². The number of hydrogen-bond donors (Lipinski definition) is 1. The minimum absolute atomic E-state index is 0.0706. The number of rotatable bonds is 7. The predicted molar refractivity (Wildman–Crippen MR) is 88.9 cm³/mol. The predicted octanol–water partition coefficient (Wildman–Crippen LogP) is 5.07. The van der Waals surface area contributed by atoms with Crippen molar-refractivity contribution in [2.75, 3.05) is 11.1 Å². The summed E-state index contributed by atoms with van der Waals surface area (Å²) in [6, 6.07) is 8.01. The zero-order valence-corrected chi connectivity index (χ0v) is 13.2. The van der Waals surface area contributed by atoms with Crippen molar-refractivity contribution in [3.8, 4) is 0 Å². The molecule has 0 spiro atoms. The van der Waals surface area contributed by atoms with Crippen LogP contribution in [0.1, 0.15) is 51.5 Å². The van der Waals surface area contributed by atoms with Crippen molar-refractivity contribution in [3.05, 3.63) is 34.7 Å². The smallest absolute Gasteiger partial charge is 0.257 e. The number of benzene rings is 1. The molecule has 20 heavy (non-hydrogen) atoms. The lowest BCUT2D eigenvalue weighted by molar-refractivity contribution is -0.110. The first-order chi connectivity index (χ1) is 9.77. The average molecular weight is 289 g/mol. The normalized spacial score (nSPS) is 16.0. The van der Waals surface area contributed by atoms with E-state index in [0.29, 0.717) is 0 Å². The number of allylic oxidation sites excluding steroid dienone is 1. The topological polar surface area (TPSA) is 29.1 Å². The van der Waals surface area contributed by atoms with E-state index in [0.717, 1.165) is 41.8 Å². The highest BCUT2D eigenvalue weighted by Crippen LogP contribution is 2.39. The Balaban J connectivity index is 2.29. The average Bonchev–Trinajstić information content (AvgIpc) is 2.79. The highest BCUT2D eigenvalue weighted by molar-refractivity contribution is 8.03. The van der Waals surface area contributed by atoms with Gasteiger partial charge in [-0.1, -0.05) is 44.9 Å². The van der Waals surface area contributed by atoms with Crippen molar-refractivity contribution in [1.29, 1.82) is 0 Å². The summed E-state index contributed by atoms with van der Waals surface area (Å²) in [4.78, 5) is 13.6. The summed E-state index contributed by atoms with van der Waals surface area (Å²) >= 11 is 1.87. The molecule has 2 nitrogen and oxygen atoms in total. The van der Waals surface area contributed by atoms with Gasteiger partial charge in [0.05, 0.1) is 5.57 Å². The number of para-hydroxylation sites is 1. The Morgan fingerprint density at radius 3 is 2.65 bits per heavy atom. The Bertz CT molecular complexity index is 507. The molecule has 1 aromatic rings. The zero-order valence-electron chi connectivity index (χ0n) is 12.4. The Kier molecular flexibility index (Phi) is 5.72. The third-order valence-corrected chi connectivity index (χ3v) is 4.73. The van der Waals surface area contributed by atoms with Crippen molar-refractivity contribution in [1.82, 2.24) is 0 Å². The number of nitrogens with one attached hydrogen (secondary N) is 1. The molecule has 1 aliphatic rings. The van der Waals surface area contributed by atoms with Crippen LogP contribution in [0.2, 0.25) is 0 Å². The third-order valence-electron chi connectivity index (χ3n) is 3.48. The number of hydrogen-bond acceptors (Lipinski definition) is 2. The molecule has 1 aliphatic heterocycles. The fourth-order valence-corrected chi connectivity index (χ4v) is 3.66. The zero-order chi connectivity index (χ0) is 14.4. The van der Waals surface area contributed by atoms with Crippen LogP contribution in [-0.2, 0) is 4.79 Å². The lowest BCUT2D eigenvalue weighted by Crippen LogP contribution is -2.05. The van der Waals surface area contributed by atoms with Gasteiger partial charge in [0.1, 0.15) is 0 Å². The minimum Gasteiger partial charge on any atom is -0.321 e. The first-order valence-corrected chi connectivity index (χ1v) is 8.53. The highest BCUT2D eigenvalue weighted by Gasteiger charge is 2.26. The molecule has 3 heteroatoms. The summed E-state index contributed by atoms with van der Waals surface area (Å²) in [6.07, 6.45) is 5.73. The monoisotopic (exact) mass is 289 g/mol. The van der Waals surface area contributed by atoms with Gasteiger partial charge in [-0.2, -0.15) is 0 Å². The molecule has 0 unspecified atom stereocenters. The molecule has 0 saturated heterocycles. The van der Waals surface area contributed by atoms with E-state index in [1.807, 2.05) is 30.0 Å². The maximum absolute atomic E-state index is 12.3. The van der Waals surface area contributed by atoms with Crippen LogP contribution in [0, 0.1) is 0 Å². The maximum Gasteiger partial charge on any atom is 0.257 e. The van der Waals surface area contributed by atoms with Crippen molar-refractivity contribution in [3.63, 3.8) is 0 Å². The molecule has 0 radical (unpaired) electrons. The van der Waals surface area contributed by atoms with E-state index in [1.54, 1.807) is 0 Å². The maximum atomic E-state index is 12.3. The van der Waals surface area contributed by atoms with E-state index in [2.05, 4.69) is 25.2 Å². The van der Waals surface area contributed by atoms with E-state index < -0.39 is 0 Å². The Hall–Kier alpha value is -1.22. The van der Waals surface area contributed by atoms with Crippen LogP contribution in [0.4, 0.5) is 5.69 Å². The van der Waals surface area contributed by atoms with E-state index in [1.165, 1.54) is 17.7 Å². The van der Waals surface area contributed by atoms with Gasteiger partial charge in [0.2, 0.25) is 0 Å². The lowest BCUT2D eigenvalue weighted by atomic mass is 10.0. The summed E-state index contributed by atoms with van der Waals surface area (Å²) < 4.78 is 0. The van der Waals surface area contributed by atoms with Crippen LogP contribution in [-0.4, -0.2) is 11.7 Å². The number of amides is 1. The van der Waals surface area contributed by atoms with Gasteiger partial charge in [-0.05, 0) is 36.0 Å². The molecule has 2 rings (SSSR count). The summed E-state index contributed by atoms with van der Waals surface area (Å²) in [5.41, 5.74) is 2.94. The quantitative estimate of drug-likeness (QED) is 0.560. The Morgan fingerprint density at radius 2 is 1.90 bits per heavy atom. The van der Waals surface area contributed by atoms with Crippen LogP contribution in [0.25, 0.3) is 5.57 Å². The Labute approximate surface area is 126 Å². The van der Waals surface area contributed by atoms with Gasteiger partial charge in [0.15, 0.2) is 0 Å². The van der Waals surface area contributed by atoms with E-state index in [9.17, 15) is 4.79 Å². The summed E-state index contributed by atoms with van der Waals surface area (Å²) in [5.74, 6) is 1.18. The van der Waals surface area contributed by atoms with Gasteiger partial charge in [-0.15, -0.1) is 11.8 Å². The number of unbranched alkanes of at least 4 members (excludes halogenated alkanes) is 2. The molecular formula is C17H23NOS. The molecule has 108 valence electrons. The van der Waals surface area contributed by atoms with Gasteiger partial charge < -0.3 is 5.32 Å². The molecule has 0 saturated carbocycles. The molecule has 0 bridgehead atoms. The van der Waals surface area contributed by atoms with Gasteiger partial charge in [-0.3, -0.25) is 4.79 Å². The number of carbonyl (C=O) groups is 1. The minimum atomic E-state index is 0.0706. The standard InChI is InChI=1S/C17H23NOS/c1-3-5-11-15(20-12-6-4-2)16-13-9-7-8-10-14(13)18-17(16)19/h7-10H,3-6,11-12H2,1-2H3,(H,18,19)/b16-15-. The fraction of sp³-hybridized carbons (Fsp3) is 0.471. The SMILES string of the molecule is CCCCS/C(CCCC)=C1\C(=O)Nc2ccccc21. The van der Waals surface area contributed by atoms with Crippen molar-refractivity contribution in [2.24, 2.45) is 0 Å². The fourth-order valence-electron chi connectivity index (χ4n) is 2.34. The molecule has 1 amide bonds. The van der Waals surface area contributed by atoms with Crippen LogP contribution in [0.15, 0.2) is 29.2 Å². The lowest BCUT2D eigenvalue weighted by Gasteiger charge is -2.10. The molecular weight excluding hydrogens is 266 g/mol. The molecule has 0 fully saturated rings. The van der Waals surface area contributed by atoms with Crippen LogP contribution in [0.5, 0.6) is 0 Å². The molecule has 1 aromatic carbocycles. The molecule has 0 aromatic heterocycles. The molecule has 0 aliphatic carbocycles. The van der Waals surface area contributed by atoms with Crippen LogP contribution in [0.3, 0.4) is 0 Å². The Morgan fingerprint density at radius 1 is 1.15 bits per heavy atom. The number of thioether (sulfide) groups is 1. The summed E-state index contributed by atoms with van der Waals surface area (Å²) in [7, 11) is 0. The van der Waals surface area contributed by atoms with Gasteiger partial charge >= 0.3 is 0 Å². The van der Waals surface area contributed by atoms with E-state index in [-0.39, 0.29) is 5.91 Å². The summed E-state index contributed by atoms with van der Waals surface area (Å²) in [5, 5.41) is 2.98. The van der Waals surface area contributed by atoms with E-state index >= 15 is 0 Å². The van der Waals surface area contributed by atoms with Gasteiger partial charge in [-0.25, -0.2) is 0 Å².